The summed E-state index contributed by atoms with van der Waals surface area (Å²) in [7, 11) is 34.6. The molecule has 3 heterocycles. The molecule has 2 aromatic heterocycles. The van der Waals surface area contributed by atoms with Crippen LogP contribution in [0.25, 0.3) is 43.9 Å². The van der Waals surface area contributed by atoms with Crippen molar-refractivity contribution in [1.82, 2.24) is 0 Å². The van der Waals surface area contributed by atoms with Crippen molar-refractivity contribution in [3.05, 3.63) is 142 Å². The maximum atomic E-state index is 12.0. The number of fused-ring (bicyclic) bond motifs is 9. The predicted octanol–water partition coefficient (Wildman–Crippen LogP) is 22.7. The molecule has 1 aliphatic heterocycles. The van der Waals surface area contributed by atoms with Crippen LogP contribution < -0.4 is 9.47 Å². The van der Waals surface area contributed by atoms with Crippen LogP contribution in [0, 0.1) is 0 Å². The number of carbonyl (C=O) groups is 1. The molecule has 0 bridgehead atoms. The lowest BCUT2D eigenvalue weighted by molar-refractivity contribution is 0.0598. The van der Waals surface area contributed by atoms with Gasteiger partial charge in [0.25, 0.3) is 0 Å². The first kappa shape index (κ1) is 60.0. The summed E-state index contributed by atoms with van der Waals surface area (Å²) in [5, 5.41) is 5.29. The fourth-order valence-corrected chi connectivity index (χ4v) is 155. The van der Waals surface area contributed by atoms with Gasteiger partial charge in [-0.1, -0.05) is 99.6 Å². The molecule has 0 radical (unpaired) electrons. The lowest BCUT2D eigenvalue weighted by atomic mass is 9.75. The molecular formula is C41H51Cl2O6P19. The van der Waals surface area contributed by atoms with E-state index in [9.17, 15) is 4.79 Å². The number of halogens is 2. The maximum Gasteiger partial charge on any atom is 0.341 e. The highest BCUT2D eigenvalue weighted by Gasteiger charge is 2.36. The van der Waals surface area contributed by atoms with Gasteiger partial charge in [0.15, 0.2) is 22.7 Å². The molecule has 27 heteroatoms. The van der Waals surface area contributed by atoms with Crippen LogP contribution in [0.1, 0.15) is 35.3 Å². The number of rotatable bonds is 9. The number of furan rings is 2. The van der Waals surface area contributed by atoms with E-state index in [0.717, 1.165) is 73.9 Å². The number of carbonyl (C=O) groups excluding carboxylic acids is 1. The van der Waals surface area contributed by atoms with Crippen LogP contribution in [0.15, 0.2) is 124 Å². The van der Waals surface area contributed by atoms with Crippen molar-refractivity contribution < 1.29 is 27.8 Å². The Balaban J connectivity index is 0.000000165. The van der Waals surface area contributed by atoms with Crippen LogP contribution in [0.3, 0.4) is 0 Å². The molecule has 9 rings (SSSR count). The number of ether oxygens (including phenoxy) is 3. The third kappa shape index (κ3) is 14.9. The number of benzene rings is 6. The quantitative estimate of drug-likeness (QED) is 0.106. The summed E-state index contributed by atoms with van der Waals surface area (Å²) in [5.74, 6) is 1.99. The zero-order valence-corrected chi connectivity index (χ0v) is 58.1. The third-order valence-electron chi connectivity index (χ3n) is 10.1. The number of hydrogen-bond donors (Lipinski definition) is 0. The van der Waals surface area contributed by atoms with Gasteiger partial charge in [0.2, 0.25) is 0 Å². The summed E-state index contributed by atoms with van der Waals surface area (Å²) in [4.78, 5) is 12.0. The van der Waals surface area contributed by atoms with E-state index in [4.69, 9.17) is 46.2 Å². The first-order valence-corrected chi connectivity index (χ1v) is 53.2. The highest BCUT2D eigenvalue weighted by molar-refractivity contribution is 9.16. The largest absolute Gasteiger partial charge is 0.465 e. The highest BCUT2D eigenvalue weighted by Crippen LogP contribution is 3.10. The van der Waals surface area contributed by atoms with Gasteiger partial charge >= 0.3 is 5.97 Å². The molecule has 0 amide bonds. The second kappa shape index (κ2) is 27.9. The average Bonchev–Trinajstić information content (AvgIpc) is 3.87. The SMILES string of the molecule is CC1(C)c2cc(Cl)ccc2Oc2c1ccc1c2oc2ccccc21.COC(=O)c1cc(Cl)ccc1Oc1cccc2c1oc1ccccc12.PP(P)P(P(P)P)P(P)P.PPP(P(P)P)P(P)P. The number of esters is 1. The first-order valence-electron chi connectivity index (χ1n) is 19.7. The Bertz CT molecular complexity index is 3000. The molecule has 0 N–H and O–H groups in total. The van der Waals surface area contributed by atoms with Gasteiger partial charge in [0, 0.05) is 48.1 Å². The Labute approximate surface area is 443 Å². The van der Waals surface area contributed by atoms with Gasteiger partial charge in [-0.25, -0.2) is 4.79 Å². The van der Waals surface area contributed by atoms with Gasteiger partial charge in [-0.05, 0) is 110 Å². The first-order chi connectivity index (χ1) is 32.3. The van der Waals surface area contributed by atoms with Crippen molar-refractivity contribution in [1.29, 1.82) is 0 Å². The van der Waals surface area contributed by atoms with Gasteiger partial charge in [-0.3, -0.25) is 0 Å². The maximum absolute atomic E-state index is 12.0. The standard InChI is InChI=1S/C21H15ClO2.C20H13ClO4.H12P10.H11P9/c1-21(2)15-9-8-14-13-5-3-4-6-17(13)23-19(14)20(15)24-18-10-7-12(22)11-16(18)21;1-23-20(22)15-11-12(21)9-10-17(15)24-18-8-4-6-14-13-5-2-3-7-16(13)25-19(14)18;1-7(2)10(8(3)4)9(5)6;1-6-9(7(2)3)8(4)5/h3-11H,1-2H3;2-11H,1H3;1-6H2;6H,1-5H2. The number of hydrogen-bond acceptors (Lipinski definition) is 6. The van der Waals surface area contributed by atoms with Crippen LogP contribution in [0.5, 0.6) is 23.0 Å². The Morgan fingerprint density at radius 3 is 1.65 bits per heavy atom. The molecule has 1 aliphatic rings. The average molecular weight is 1300 g/mol. The second-order valence-corrected chi connectivity index (χ2v) is 83.0. The smallest absolute Gasteiger partial charge is 0.341 e. The van der Waals surface area contributed by atoms with E-state index in [1.807, 2.05) is 72.8 Å². The van der Waals surface area contributed by atoms with Crippen LogP contribution in [0.2, 0.25) is 10.0 Å². The minimum atomic E-state index is -0.519. The van der Waals surface area contributed by atoms with E-state index < -0.39 is 5.97 Å². The van der Waals surface area contributed by atoms with Crippen LogP contribution in [-0.4, -0.2) is 13.1 Å². The van der Waals surface area contributed by atoms with Gasteiger partial charge in [0.1, 0.15) is 28.2 Å². The topological polar surface area (TPSA) is 71.0 Å². The van der Waals surface area contributed by atoms with E-state index >= 15 is 0 Å². The van der Waals surface area contributed by atoms with Crippen LogP contribution >= 0.6 is 178 Å². The summed E-state index contributed by atoms with van der Waals surface area (Å²) in [6.45, 7) is 5.65. The lowest BCUT2D eigenvalue weighted by Crippen LogP contribution is -2.24. The molecule has 0 fully saturated rings. The summed E-state index contributed by atoms with van der Waals surface area (Å²) in [6.07, 6.45) is 0. The van der Waals surface area contributed by atoms with Crippen molar-refractivity contribution >= 4 is 228 Å². The summed E-state index contributed by atoms with van der Waals surface area (Å²) >= 11 is 12.2. The van der Waals surface area contributed by atoms with Gasteiger partial charge < -0.3 is 23.0 Å². The van der Waals surface area contributed by atoms with Gasteiger partial charge in [-0.2, -0.15) is 0 Å². The normalized spacial score (nSPS) is 13.0. The van der Waals surface area contributed by atoms with E-state index in [0.29, 0.717) is 29.1 Å². The van der Waals surface area contributed by atoms with Crippen molar-refractivity contribution in [2.24, 2.45) is 0 Å². The minimum Gasteiger partial charge on any atom is -0.465 e. The van der Waals surface area contributed by atoms with Crippen molar-refractivity contribution in [2.75, 3.05) is 7.11 Å². The van der Waals surface area contributed by atoms with Crippen LogP contribution in [-0.2, 0) is 10.2 Å². The predicted molar refractivity (Wildman–Crippen MR) is 358 cm³/mol. The Kier molecular flexibility index (Phi) is 24.6. The second-order valence-electron chi connectivity index (χ2n) is 14.8. The molecule has 68 heavy (non-hydrogen) atoms. The molecule has 6 aromatic carbocycles. The molecule has 0 spiro atoms. The minimum absolute atomic E-state index is 0.130. The third-order valence-corrected chi connectivity index (χ3v) is 104. The van der Waals surface area contributed by atoms with E-state index in [2.05, 4.69) is 130 Å². The molecule has 0 saturated carbocycles. The van der Waals surface area contributed by atoms with E-state index in [1.54, 1.807) is 18.2 Å². The van der Waals surface area contributed by atoms with Crippen molar-refractivity contribution in [3.8, 4) is 23.0 Å². The number of para-hydroxylation sites is 3. The fourth-order valence-electron chi connectivity index (χ4n) is 7.08. The molecule has 8 aromatic rings. The molecule has 6 nitrogen and oxygen atoms in total. The Morgan fingerprint density at radius 1 is 0.588 bits per heavy atom. The molecule has 12 atom stereocenters. The molecule has 0 aliphatic carbocycles. The molecule has 12 unspecified atom stereocenters. The van der Waals surface area contributed by atoms with Crippen LogP contribution in [0.4, 0.5) is 0 Å². The summed E-state index contributed by atoms with van der Waals surface area (Å²) in [5.41, 5.74) is 5.34. The van der Waals surface area contributed by atoms with E-state index in [-0.39, 0.29) is 52.9 Å². The molecular weight excluding hydrogens is 1250 g/mol. The van der Waals surface area contributed by atoms with E-state index in [1.165, 1.54) is 13.2 Å². The van der Waals surface area contributed by atoms with Crippen molar-refractivity contribution in [3.63, 3.8) is 0 Å². The zero-order chi connectivity index (χ0) is 49.6. The molecule has 0 saturated heterocycles. The monoisotopic (exact) mass is 1300 g/mol. The van der Waals surface area contributed by atoms with Gasteiger partial charge in [0.05, 0.1) is 7.11 Å². The molecule has 360 valence electrons. The summed E-state index contributed by atoms with van der Waals surface area (Å²) in [6, 6.07) is 36.4. The van der Waals surface area contributed by atoms with Gasteiger partial charge in [-0.15, -0.1) is 98.2 Å². The Hall–Kier alpha value is 2.74. The lowest BCUT2D eigenvalue weighted by Gasteiger charge is -2.34. The van der Waals surface area contributed by atoms with Crippen molar-refractivity contribution in [2.45, 2.75) is 19.3 Å². The highest BCUT2D eigenvalue weighted by atomic mass is 35.5. The number of methoxy groups -OCH3 is 1. The Morgan fingerprint density at radius 2 is 1.12 bits per heavy atom. The zero-order valence-electron chi connectivity index (χ0n) is 36.7. The fraction of sp³-hybridized carbons (Fsp3) is 0.0976. The summed E-state index contributed by atoms with van der Waals surface area (Å²) < 4.78 is 29.1.